The second-order valence-corrected chi connectivity index (χ2v) is 5.47. The summed E-state index contributed by atoms with van der Waals surface area (Å²) in [6.45, 7) is 0.974. The third-order valence-electron chi connectivity index (χ3n) is 3.49. The molecular formula is C20H21NO4. The van der Waals surface area contributed by atoms with Gasteiger partial charge in [-0.15, -0.1) is 0 Å². The molecule has 0 spiro atoms. The minimum Gasteiger partial charge on any atom is -0.494 e. The Bertz CT molecular complexity index is 708. The van der Waals surface area contributed by atoms with Crippen LogP contribution < -0.4 is 10.1 Å². The van der Waals surface area contributed by atoms with Crippen LogP contribution in [-0.4, -0.2) is 23.6 Å². The van der Waals surface area contributed by atoms with Gasteiger partial charge in [0.15, 0.2) is 0 Å². The second-order valence-electron chi connectivity index (χ2n) is 5.47. The van der Waals surface area contributed by atoms with Crippen LogP contribution in [0.25, 0.3) is 0 Å². The summed E-state index contributed by atoms with van der Waals surface area (Å²) in [6.07, 6.45) is 3.72. The molecule has 0 aliphatic heterocycles. The van der Waals surface area contributed by atoms with Crippen molar-refractivity contribution in [3.8, 4) is 5.75 Å². The summed E-state index contributed by atoms with van der Waals surface area (Å²) in [5.74, 6) is -0.804. The Morgan fingerprint density at radius 2 is 1.68 bits per heavy atom. The molecule has 0 bridgehead atoms. The lowest BCUT2D eigenvalue weighted by Crippen LogP contribution is -2.20. The third-order valence-corrected chi connectivity index (χ3v) is 3.49. The molecule has 2 aromatic rings. The van der Waals surface area contributed by atoms with E-state index in [2.05, 4.69) is 17.4 Å². The van der Waals surface area contributed by atoms with Crippen molar-refractivity contribution < 1.29 is 19.4 Å². The summed E-state index contributed by atoms with van der Waals surface area (Å²) < 4.78 is 5.71. The minimum absolute atomic E-state index is 0.330. The molecule has 2 aromatic carbocycles. The van der Waals surface area contributed by atoms with Gasteiger partial charge in [-0.3, -0.25) is 4.79 Å². The van der Waals surface area contributed by atoms with Crippen molar-refractivity contribution in [2.75, 3.05) is 6.61 Å². The van der Waals surface area contributed by atoms with E-state index in [-0.39, 0.29) is 0 Å². The first-order valence-corrected chi connectivity index (χ1v) is 8.08. The number of carboxylic acids is 1. The number of aliphatic carboxylic acids is 1. The van der Waals surface area contributed by atoms with Crippen LogP contribution in [-0.2, 0) is 22.6 Å². The lowest BCUT2D eigenvalue weighted by molar-refractivity contribution is -0.131. The van der Waals surface area contributed by atoms with E-state index in [4.69, 9.17) is 9.84 Å². The van der Waals surface area contributed by atoms with Crippen LogP contribution >= 0.6 is 0 Å². The molecule has 0 fully saturated rings. The Morgan fingerprint density at radius 1 is 0.960 bits per heavy atom. The van der Waals surface area contributed by atoms with Gasteiger partial charge in [-0.25, -0.2) is 4.79 Å². The molecule has 0 heterocycles. The van der Waals surface area contributed by atoms with Gasteiger partial charge in [0.05, 0.1) is 6.61 Å². The highest BCUT2D eigenvalue weighted by Crippen LogP contribution is 2.13. The Hall–Kier alpha value is -3.08. The summed E-state index contributed by atoms with van der Waals surface area (Å²) >= 11 is 0. The second kappa shape index (κ2) is 9.93. The normalized spacial score (nSPS) is 10.6. The van der Waals surface area contributed by atoms with Gasteiger partial charge in [-0.05, 0) is 36.1 Å². The van der Waals surface area contributed by atoms with Crippen molar-refractivity contribution in [3.63, 3.8) is 0 Å². The highest BCUT2D eigenvalue weighted by Gasteiger charge is 2.00. The zero-order valence-electron chi connectivity index (χ0n) is 13.9. The number of ether oxygens (including phenoxy) is 1. The average Bonchev–Trinajstić information content (AvgIpc) is 2.63. The first-order valence-electron chi connectivity index (χ1n) is 8.08. The highest BCUT2D eigenvalue weighted by atomic mass is 16.5. The van der Waals surface area contributed by atoms with E-state index >= 15 is 0 Å². The van der Waals surface area contributed by atoms with Crippen molar-refractivity contribution >= 4 is 11.9 Å². The molecule has 5 nitrogen and oxygen atoms in total. The molecule has 0 aromatic heterocycles. The SMILES string of the molecule is O=C(O)/C=C\C(=O)NCc1ccc(OCCCc2ccccc2)cc1. The number of hydrogen-bond acceptors (Lipinski definition) is 3. The van der Waals surface area contributed by atoms with Crippen LogP contribution in [0.15, 0.2) is 66.7 Å². The van der Waals surface area contributed by atoms with Gasteiger partial charge in [0.1, 0.15) is 5.75 Å². The highest BCUT2D eigenvalue weighted by molar-refractivity contribution is 5.93. The van der Waals surface area contributed by atoms with Gasteiger partial charge < -0.3 is 15.2 Å². The van der Waals surface area contributed by atoms with Crippen LogP contribution in [0, 0.1) is 0 Å². The standard InChI is InChI=1S/C20H21NO4/c22-19(12-13-20(23)24)21-15-17-8-10-18(11-9-17)25-14-4-7-16-5-2-1-3-6-16/h1-3,5-6,8-13H,4,7,14-15H2,(H,21,22)(H,23,24)/b13-12-. The van der Waals surface area contributed by atoms with Gasteiger partial charge in [-0.1, -0.05) is 42.5 Å². The van der Waals surface area contributed by atoms with Crippen molar-refractivity contribution in [1.29, 1.82) is 0 Å². The molecule has 0 radical (unpaired) electrons. The van der Waals surface area contributed by atoms with Crippen molar-refractivity contribution in [2.45, 2.75) is 19.4 Å². The smallest absolute Gasteiger partial charge is 0.328 e. The number of aryl methyl sites for hydroxylation is 1. The molecule has 130 valence electrons. The number of hydrogen-bond donors (Lipinski definition) is 2. The summed E-state index contributed by atoms with van der Waals surface area (Å²) in [5.41, 5.74) is 2.21. The Balaban J connectivity index is 1.69. The Labute approximate surface area is 146 Å². The predicted molar refractivity (Wildman–Crippen MR) is 95.3 cm³/mol. The monoisotopic (exact) mass is 339 g/mol. The van der Waals surface area contributed by atoms with Gasteiger partial charge in [0, 0.05) is 18.7 Å². The summed E-state index contributed by atoms with van der Waals surface area (Å²) in [5, 5.41) is 11.1. The van der Waals surface area contributed by atoms with E-state index in [0.29, 0.717) is 13.2 Å². The zero-order valence-corrected chi connectivity index (χ0v) is 13.9. The summed E-state index contributed by atoms with van der Waals surface area (Å²) in [6, 6.07) is 17.7. The third kappa shape index (κ3) is 7.35. The molecule has 25 heavy (non-hydrogen) atoms. The molecule has 0 saturated carbocycles. The van der Waals surface area contributed by atoms with E-state index in [1.54, 1.807) is 0 Å². The maximum Gasteiger partial charge on any atom is 0.328 e. The molecule has 2 rings (SSSR count). The molecule has 0 atom stereocenters. The number of carboxylic acid groups (broad SMARTS) is 1. The lowest BCUT2D eigenvalue weighted by Gasteiger charge is -2.08. The Morgan fingerprint density at radius 3 is 2.36 bits per heavy atom. The van der Waals surface area contributed by atoms with Crippen LogP contribution in [0.1, 0.15) is 17.5 Å². The van der Waals surface area contributed by atoms with Gasteiger partial charge in [0.2, 0.25) is 5.91 Å². The number of carbonyl (C=O) groups excluding carboxylic acids is 1. The first kappa shape index (κ1) is 18.3. The maximum absolute atomic E-state index is 11.4. The van der Waals surface area contributed by atoms with E-state index in [1.807, 2.05) is 42.5 Å². The fraction of sp³-hybridized carbons (Fsp3) is 0.200. The molecule has 0 aliphatic rings. The molecule has 5 heteroatoms. The minimum atomic E-state index is -1.15. The van der Waals surface area contributed by atoms with Crippen LogP contribution in [0.4, 0.5) is 0 Å². The van der Waals surface area contributed by atoms with E-state index in [0.717, 1.165) is 36.3 Å². The number of amides is 1. The maximum atomic E-state index is 11.4. The molecule has 1 amide bonds. The van der Waals surface area contributed by atoms with E-state index in [9.17, 15) is 9.59 Å². The topological polar surface area (TPSA) is 75.6 Å². The molecule has 0 aliphatic carbocycles. The van der Waals surface area contributed by atoms with Crippen molar-refractivity contribution in [3.05, 3.63) is 77.9 Å². The van der Waals surface area contributed by atoms with Crippen molar-refractivity contribution in [1.82, 2.24) is 5.32 Å². The van der Waals surface area contributed by atoms with Crippen molar-refractivity contribution in [2.24, 2.45) is 0 Å². The fourth-order valence-corrected chi connectivity index (χ4v) is 2.21. The predicted octanol–water partition coefficient (Wildman–Crippen LogP) is 2.96. The number of carbonyl (C=O) groups is 2. The fourth-order valence-electron chi connectivity index (χ4n) is 2.21. The number of rotatable bonds is 9. The Kier molecular flexibility index (Phi) is 7.25. The number of nitrogens with one attached hydrogen (secondary N) is 1. The lowest BCUT2D eigenvalue weighted by atomic mass is 10.1. The molecule has 0 saturated heterocycles. The van der Waals surface area contributed by atoms with Gasteiger partial charge >= 0.3 is 5.97 Å². The van der Waals surface area contributed by atoms with E-state index < -0.39 is 11.9 Å². The largest absolute Gasteiger partial charge is 0.494 e. The van der Waals surface area contributed by atoms with Gasteiger partial charge in [-0.2, -0.15) is 0 Å². The first-order chi connectivity index (χ1) is 12.1. The van der Waals surface area contributed by atoms with E-state index in [1.165, 1.54) is 5.56 Å². The van der Waals surface area contributed by atoms with Gasteiger partial charge in [0.25, 0.3) is 0 Å². The molecule has 2 N–H and O–H groups in total. The van der Waals surface area contributed by atoms with Crippen LogP contribution in [0.3, 0.4) is 0 Å². The quantitative estimate of drug-likeness (QED) is 0.544. The van der Waals surface area contributed by atoms with Crippen LogP contribution in [0.5, 0.6) is 5.75 Å². The van der Waals surface area contributed by atoms with Crippen LogP contribution in [0.2, 0.25) is 0 Å². The number of benzene rings is 2. The summed E-state index contributed by atoms with van der Waals surface area (Å²) in [4.78, 5) is 21.7. The summed E-state index contributed by atoms with van der Waals surface area (Å²) in [7, 11) is 0. The zero-order chi connectivity index (χ0) is 17.9. The molecular weight excluding hydrogens is 318 g/mol. The average molecular weight is 339 g/mol. The molecule has 0 unspecified atom stereocenters.